The monoisotopic (exact) mass is 717 g/mol. The molecule has 0 aliphatic carbocycles. The Morgan fingerprint density at radius 1 is 0.904 bits per heavy atom. The molecule has 0 bridgehead atoms. The molecule has 4 rings (SSSR count). The van der Waals surface area contributed by atoms with Crippen molar-refractivity contribution in [2.75, 3.05) is 11.9 Å². The molecule has 1 unspecified atom stereocenters. The van der Waals surface area contributed by atoms with Gasteiger partial charge in [-0.15, -0.1) is 10.1 Å². The van der Waals surface area contributed by atoms with Crippen molar-refractivity contribution in [2.45, 2.75) is 96.5 Å². The van der Waals surface area contributed by atoms with Crippen LogP contribution in [0, 0.1) is 15.9 Å². The molecule has 12 heteroatoms. The highest BCUT2D eigenvalue weighted by atomic mass is 19.1. The molecule has 11 nitrogen and oxygen atoms in total. The number of esters is 1. The Labute approximate surface area is 303 Å². The van der Waals surface area contributed by atoms with E-state index in [4.69, 9.17) is 4.74 Å². The SMILES string of the molecule is CCCCCC(COC(=O)C[C@H](O)C[C@H](O)CCn1c(-c2ccc(F)cc2)c(-c2ccccc2)c(C(=O)Nc2ccccc2)c1C(C)C)O[N+](=O)[O-]. The molecular formula is C40H48FN3O8. The standard InChI is InChI=1S/C40H48FN3O8/c1-4-5-8-17-34(52-44(49)50)26-51-35(47)25-33(46)24-32(45)22-23-43-38(27(2)3)37(40(48)42-31-15-11-7-12-16-31)36(28-13-9-6-10-14-28)39(43)29-18-20-30(41)21-19-29/h6-7,9-16,18-21,27,32-34,45-46H,4-5,8,17,22-26H2,1-3H3,(H,42,48)/t32-,33-,34?/m1/s1. The second-order valence-corrected chi connectivity index (χ2v) is 13.1. The Balaban J connectivity index is 1.59. The first-order valence-electron chi connectivity index (χ1n) is 17.7. The third-order valence-corrected chi connectivity index (χ3v) is 8.72. The zero-order chi connectivity index (χ0) is 37.6. The number of ether oxygens (including phenoxy) is 1. The van der Waals surface area contributed by atoms with E-state index in [1.54, 1.807) is 24.3 Å². The predicted molar refractivity (Wildman–Crippen MR) is 197 cm³/mol. The molecule has 4 aromatic rings. The van der Waals surface area contributed by atoms with Crippen LogP contribution in [-0.4, -0.2) is 56.7 Å². The summed E-state index contributed by atoms with van der Waals surface area (Å²) in [7, 11) is 0. The normalized spacial score (nSPS) is 13.0. The highest BCUT2D eigenvalue weighted by molar-refractivity contribution is 6.12. The molecule has 52 heavy (non-hydrogen) atoms. The van der Waals surface area contributed by atoms with Gasteiger partial charge < -0.3 is 29.7 Å². The van der Waals surface area contributed by atoms with Crippen LogP contribution in [0.5, 0.6) is 0 Å². The summed E-state index contributed by atoms with van der Waals surface area (Å²) in [4.78, 5) is 42.2. The summed E-state index contributed by atoms with van der Waals surface area (Å²) in [5.74, 6) is -1.65. The van der Waals surface area contributed by atoms with Gasteiger partial charge >= 0.3 is 5.97 Å². The van der Waals surface area contributed by atoms with E-state index in [1.807, 2.05) is 73.9 Å². The van der Waals surface area contributed by atoms with Crippen LogP contribution >= 0.6 is 0 Å². The van der Waals surface area contributed by atoms with Crippen LogP contribution in [0.25, 0.3) is 22.4 Å². The first-order chi connectivity index (χ1) is 25.0. The fourth-order valence-corrected chi connectivity index (χ4v) is 6.35. The first kappa shape index (κ1) is 39.7. The summed E-state index contributed by atoms with van der Waals surface area (Å²) < 4.78 is 21.3. The minimum Gasteiger partial charge on any atom is -0.463 e. The van der Waals surface area contributed by atoms with Crippen molar-refractivity contribution in [3.8, 4) is 22.4 Å². The maximum Gasteiger partial charge on any atom is 0.308 e. The lowest BCUT2D eigenvalue weighted by atomic mass is 9.94. The molecule has 1 heterocycles. The average molecular weight is 718 g/mol. The van der Waals surface area contributed by atoms with E-state index >= 15 is 0 Å². The van der Waals surface area contributed by atoms with Crippen molar-refractivity contribution in [3.63, 3.8) is 0 Å². The van der Waals surface area contributed by atoms with E-state index in [0.29, 0.717) is 46.6 Å². The quantitative estimate of drug-likeness (QED) is 0.0361. The number of rotatable bonds is 20. The van der Waals surface area contributed by atoms with E-state index in [9.17, 15) is 34.3 Å². The number of aliphatic hydroxyl groups excluding tert-OH is 2. The fourth-order valence-electron chi connectivity index (χ4n) is 6.35. The van der Waals surface area contributed by atoms with Gasteiger partial charge in [0.1, 0.15) is 18.5 Å². The first-order valence-corrected chi connectivity index (χ1v) is 17.7. The second-order valence-electron chi connectivity index (χ2n) is 13.1. The van der Waals surface area contributed by atoms with Crippen LogP contribution < -0.4 is 5.32 Å². The summed E-state index contributed by atoms with van der Waals surface area (Å²) in [6.45, 7) is 5.86. The molecular weight excluding hydrogens is 669 g/mol. The number of hydrogen-bond acceptors (Lipinski definition) is 8. The van der Waals surface area contributed by atoms with Gasteiger partial charge in [-0.05, 0) is 72.7 Å². The maximum absolute atomic E-state index is 14.2. The topological polar surface area (TPSA) is 153 Å². The van der Waals surface area contributed by atoms with E-state index < -0.39 is 41.6 Å². The molecule has 3 atom stereocenters. The number of para-hydroxylation sites is 1. The van der Waals surface area contributed by atoms with Gasteiger partial charge in [0.05, 0.1) is 29.9 Å². The number of carbonyl (C=O) groups excluding carboxylic acids is 2. The van der Waals surface area contributed by atoms with Crippen molar-refractivity contribution in [1.29, 1.82) is 0 Å². The van der Waals surface area contributed by atoms with Crippen LogP contribution in [0.1, 0.15) is 87.7 Å². The van der Waals surface area contributed by atoms with E-state index in [2.05, 4.69) is 10.2 Å². The third kappa shape index (κ3) is 11.2. The largest absolute Gasteiger partial charge is 0.463 e. The molecule has 0 aliphatic rings. The zero-order valence-corrected chi connectivity index (χ0v) is 29.9. The highest BCUT2D eigenvalue weighted by Crippen LogP contribution is 2.42. The van der Waals surface area contributed by atoms with Crippen molar-refractivity contribution in [3.05, 3.63) is 112 Å². The lowest BCUT2D eigenvalue weighted by Crippen LogP contribution is -2.27. The molecule has 0 spiro atoms. The number of anilines is 1. The summed E-state index contributed by atoms with van der Waals surface area (Å²) in [5.41, 5.74) is 4.59. The Morgan fingerprint density at radius 3 is 2.17 bits per heavy atom. The van der Waals surface area contributed by atoms with Crippen molar-refractivity contribution >= 4 is 17.6 Å². The van der Waals surface area contributed by atoms with Crippen molar-refractivity contribution < 1.29 is 38.9 Å². The number of hydrogen-bond donors (Lipinski definition) is 3. The Bertz CT molecular complexity index is 1750. The van der Waals surface area contributed by atoms with Crippen LogP contribution in [0.15, 0.2) is 84.9 Å². The average Bonchev–Trinajstić information content (AvgIpc) is 3.46. The number of amides is 1. The molecule has 0 saturated carbocycles. The maximum atomic E-state index is 14.2. The van der Waals surface area contributed by atoms with Gasteiger partial charge in [0, 0.05) is 23.5 Å². The predicted octanol–water partition coefficient (Wildman–Crippen LogP) is 7.93. The number of nitrogens with one attached hydrogen (secondary N) is 1. The van der Waals surface area contributed by atoms with Crippen molar-refractivity contribution in [2.24, 2.45) is 0 Å². The highest BCUT2D eigenvalue weighted by Gasteiger charge is 2.31. The smallest absolute Gasteiger partial charge is 0.308 e. The molecule has 3 aromatic carbocycles. The molecule has 1 amide bonds. The molecule has 0 saturated heterocycles. The van der Waals surface area contributed by atoms with Gasteiger partial charge in [0.15, 0.2) is 0 Å². The number of aromatic nitrogens is 1. The summed E-state index contributed by atoms with van der Waals surface area (Å²) in [6, 6.07) is 24.6. The summed E-state index contributed by atoms with van der Waals surface area (Å²) in [5, 5.41) is 34.8. The minimum atomic E-state index is -1.24. The van der Waals surface area contributed by atoms with E-state index in [1.165, 1.54) is 12.1 Å². The van der Waals surface area contributed by atoms with E-state index in [0.717, 1.165) is 18.4 Å². The van der Waals surface area contributed by atoms with Gasteiger partial charge in [0.25, 0.3) is 11.0 Å². The molecule has 0 aliphatic heterocycles. The lowest BCUT2D eigenvalue weighted by molar-refractivity contribution is -0.769. The molecule has 0 radical (unpaired) electrons. The number of carbonyl (C=O) groups is 2. The van der Waals surface area contributed by atoms with Crippen LogP contribution in [-0.2, 0) is 20.9 Å². The van der Waals surface area contributed by atoms with Gasteiger partial charge in [-0.1, -0.05) is 88.6 Å². The second kappa shape index (κ2) is 19.5. The number of benzene rings is 3. The molecule has 0 fully saturated rings. The number of aliphatic hydroxyl groups is 2. The number of nitrogens with zero attached hydrogens (tertiary/aromatic N) is 2. The van der Waals surface area contributed by atoms with Gasteiger partial charge in [-0.2, -0.15) is 0 Å². The van der Waals surface area contributed by atoms with E-state index in [-0.39, 0.29) is 37.8 Å². The molecule has 3 N–H and O–H groups in total. The molecule has 1 aromatic heterocycles. The summed E-state index contributed by atoms with van der Waals surface area (Å²) >= 11 is 0. The van der Waals surface area contributed by atoms with Gasteiger partial charge in [-0.3, -0.25) is 9.59 Å². The Kier molecular flexibility index (Phi) is 14.9. The van der Waals surface area contributed by atoms with Crippen LogP contribution in [0.3, 0.4) is 0 Å². The van der Waals surface area contributed by atoms with Gasteiger partial charge in [-0.25, -0.2) is 4.39 Å². The third-order valence-electron chi connectivity index (χ3n) is 8.72. The summed E-state index contributed by atoms with van der Waals surface area (Å²) in [6.07, 6.45) is -0.806. The van der Waals surface area contributed by atoms with Crippen LogP contribution in [0.4, 0.5) is 10.1 Å². The van der Waals surface area contributed by atoms with Gasteiger partial charge in [0.2, 0.25) is 0 Å². The number of unbranched alkanes of at least 4 members (excludes halogenated alkanes) is 2. The Morgan fingerprint density at radius 2 is 1.56 bits per heavy atom. The minimum absolute atomic E-state index is 0.141. The molecule has 278 valence electrons. The lowest BCUT2D eigenvalue weighted by Gasteiger charge is -2.20. The van der Waals surface area contributed by atoms with Crippen molar-refractivity contribution in [1.82, 2.24) is 4.57 Å². The zero-order valence-electron chi connectivity index (χ0n) is 29.9. The Hall–Kier alpha value is -5.07. The van der Waals surface area contributed by atoms with Crippen LogP contribution in [0.2, 0.25) is 0 Å². The number of halogens is 1. The fraction of sp³-hybridized carbons (Fsp3) is 0.400.